The first-order chi connectivity index (χ1) is 7.11. The van der Waals surface area contributed by atoms with Crippen LogP contribution in [0.1, 0.15) is 0 Å². The third-order valence-corrected chi connectivity index (χ3v) is 1.30. The summed E-state index contributed by atoms with van der Waals surface area (Å²) >= 11 is 0. The molecule has 0 aromatic heterocycles. The van der Waals surface area contributed by atoms with Gasteiger partial charge in [-0.2, -0.15) is 0 Å². The average molecular weight is 340 g/mol. The maximum absolute atomic E-state index is 9.92. The van der Waals surface area contributed by atoms with Crippen molar-refractivity contribution in [3.8, 4) is 0 Å². The van der Waals surface area contributed by atoms with E-state index in [1.54, 1.807) is 0 Å². The van der Waals surface area contributed by atoms with Crippen LogP contribution in [0.3, 0.4) is 0 Å². The number of hydrogen-bond donors (Lipinski definition) is 8. The van der Waals surface area contributed by atoms with E-state index in [0.717, 1.165) is 0 Å². The fourth-order valence-corrected chi connectivity index (χ4v) is 0.294. The summed E-state index contributed by atoms with van der Waals surface area (Å²) in [6, 6.07) is -2.76. The SMILES string of the molecule is NC(=O)C(N)C(O)O.NC(=O)C(N)C(O)O.O.O.[Cu]. The molecule has 12 nitrogen and oxygen atoms in total. The van der Waals surface area contributed by atoms with Crippen LogP contribution in [0.15, 0.2) is 0 Å². The molecule has 16 N–H and O–H groups in total. The number of hydrogen-bond acceptors (Lipinski definition) is 8. The fourth-order valence-electron chi connectivity index (χ4n) is 0.294. The minimum absolute atomic E-state index is 0. The summed E-state index contributed by atoms with van der Waals surface area (Å²) in [6.45, 7) is 0. The van der Waals surface area contributed by atoms with E-state index in [4.69, 9.17) is 31.9 Å². The van der Waals surface area contributed by atoms with Gasteiger partial charge in [-0.1, -0.05) is 0 Å². The Kier molecular flexibility index (Phi) is 24.7. The summed E-state index contributed by atoms with van der Waals surface area (Å²) in [5, 5.41) is 32.5. The topological polar surface area (TPSA) is 282 Å². The Bertz CT molecular complexity index is 217. The van der Waals surface area contributed by atoms with Crippen LogP contribution < -0.4 is 22.9 Å². The van der Waals surface area contributed by atoms with Gasteiger partial charge in [0, 0.05) is 17.1 Å². The van der Waals surface area contributed by atoms with Crippen LogP contribution in [-0.4, -0.2) is 67.9 Å². The van der Waals surface area contributed by atoms with Gasteiger partial charge in [-0.05, 0) is 0 Å². The van der Waals surface area contributed by atoms with Gasteiger partial charge in [-0.25, -0.2) is 0 Å². The first-order valence-corrected chi connectivity index (χ1v) is 3.93. The zero-order chi connectivity index (χ0) is 13.5. The Morgan fingerprint density at radius 2 is 0.895 bits per heavy atom. The summed E-state index contributed by atoms with van der Waals surface area (Å²) in [4.78, 5) is 19.8. The summed E-state index contributed by atoms with van der Waals surface area (Å²) in [7, 11) is 0. The second kappa shape index (κ2) is 15.2. The van der Waals surface area contributed by atoms with Gasteiger partial charge in [0.05, 0.1) is 0 Å². The monoisotopic (exact) mass is 339 g/mol. The Labute approximate surface area is 118 Å². The third-order valence-electron chi connectivity index (χ3n) is 1.30. The second-order valence-corrected chi connectivity index (χ2v) is 2.68. The van der Waals surface area contributed by atoms with Crippen molar-refractivity contribution in [3.63, 3.8) is 0 Å². The summed E-state index contributed by atoms with van der Waals surface area (Å²) in [5.74, 6) is -1.86. The van der Waals surface area contributed by atoms with E-state index < -0.39 is 36.5 Å². The zero-order valence-electron chi connectivity index (χ0n) is 9.53. The molecular weight excluding hydrogens is 320 g/mol. The number of carbonyl (C=O) groups is 2. The van der Waals surface area contributed by atoms with Gasteiger partial charge in [0.2, 0.25) is 11.8 Å². The van der Waals surface area contributed by atoms with Crippen molar-refractivity contribution in [3.05, 3.63) is 0 Å². The molecule has 0 aliphatic carbocycles. The van der Waals surface area contributed by atoms with E-state index in [2.05, 4.69) is 11.5 Å². The Balaban J connectivity index is -0.0000000594. The summed E-state index contributed by atoms with van der Waals surface area (Å²) < 4.78 is 0. The molecule has 0 aromatic carbocycles. The zero-order valence-corrected chi connectivity index (χ0v) is 10.5. The van der Waals surface area contributed by atoms with Crippen LogP contribution in [0.5, 0.6) is 0 Å². The van der Waals surface area contributed by atoms with Crippen molar-refractivity contribution in [1.82, 2.24) is 0 Å². The van der Waals surface area contributed by atoms with Crippen LogP contribution in [0.2, 0.25) is 0 Å². The number of primary amides is 2. The number of rotatable bonds is 4. The molecule has 0 fully saturated rings. The molecule has 0 aliphatic rings. The first kappa shape index (κ1) is 30.9. The van der Waals surface area contributed by atoms with Gasteiger partial charge in [0.1, 0.15) is 12.1 Å². The fraction of sp³-hybridized carbons (Fsp3) is 0.667. The van der Waals surface area contributed by atoms with Crippen molar-refractivity contribution in [2.75, 3.05) is 0 Å². The molecule has 1 radical (unpaired) electrons. The van der Waals surface area contributed by atoms with Crippen LogP contribution in [0.4, 0.5) is 0 Å². The summed E-state index contributed by atoms with van der Waals surface area (Å²) in [6.07, 6.45) is -3.71. The maximum atomic E-state index is 9.92. The van der Waals surface area contributed by atoms with Gasteiger partial charge < -0.3 is 54.3 Å². The number of aliphatic hydroxyl groups is 4. The smallest absolute Gasteiger partial charge is 0.239 e. The van der Waals surface area contributed by atoms with Gasteiger partial charge in [0.25, 0.3) is 0 Å². The molecule has 13 heteroatoms. The van der Waals surface area contributed by atoms with E-state index in [-0.39, 0.29) is 28.0 Å². The number of aliphatic hydroxyl groups excluding tert-OH is 2. The molecule has 0 spiro atoms. The van der Waals surface area contributed by atoms with Crippen molar-refractivity contribution in [1.29, 1.82) is 0 Å². The van der Waals surface area contributed by atoms with Crippen molar-refractivity contribution in [2.45, 2.75) is 24.7 Å². The predicted molar refractivity (Wildman–Crippen MR) is 58.0 cm³/mol. The minimum Gasteiger partial charge on any atom is -0.412 e. The van der Waals surface area contributed by atoms with Crippen molar-refractivity contribution >= 4 is 11.8 Å². The Morgan fingerprint density at radius 1 is 0.737 bits per heavy atom. The molecule has 0 saturated heterocycles. The molecule has 123 valence electrons. The number of amides is 2. The van der Waals surface area contributed by atoms with Crippen LogP contribution >= 0.6 is 0 Å². The third kappa shape index (κ3) is 17.1. The quantitative estimate of drug-likeness (QED) is 0.179. The van der Waals surface area contributed by atoms with Crippen LogP contribution in [0, 0.1) is 0 Å². The molecule has 0 heterocycles. The van der Waals surface area contributed by atoms with Crippen molar-refractivity contribution < 1.29 is 58.0 Å². The molecule has 2 amide bonds. The molecule has 2 atom stereocenters. The molecule has 2 unspecified atom stereocenters. The molecule has 0 aliphatic heterocycles. The standard InChI is InChI=1S/2C3H8N2O3.Cu.2H2O/c2*4-1(2(5)6)3(7)8;;;/h2*1,3,7-8H,4H2,(H2,5,6);;2*1H2. The van der Waals surface area contributed by atoms with Gasteiger partial charge in [0.15, 0.2) is 12.6 Å². The number of nitrogens with two attached hydrogens (primary N) is 4. The average Bonchev–Trinajstić information content (AvgIpc) is 2.15. The van der Waals surface area contributed by atoms with Gasteiger partial charge >= 0.3 is 0 Å². The molecule has 0 rings (SSSR count). The van der Waals surface area contributed by atoms with E-state index >= 15 is 0 Å². The summed E-state index contributed by atoms with van der Waals surface area (Å²) in [5.41, 5.74) is 18.7. The molecular formula is C6H20CuN4O8. The Morgan fingerprint density at radius 3 is 0.895 bits per heavy atom. The van der Waals surface area contributed by atoms with Gasteiger partial charge in [-0.3, -0.25) is 9.59 Å². The predicted octanol–water partition coefficient (Wildman–Crippen LogP) is -7.43. The second-order valence-electron chi connectivity index (χ2n) is 2.68. The minimum atomic E-state index is -1.85. The largest absolute Gasteiger partial charge is 0.412 e. The van der Waals surface area contributed by atoms with Crippen LogP contribution in [-0.2, 0) is 26.7 Å². The van der Waals surface area contributed by atoms with E-state index in [0.29, 0.717) is 0 Å². The Hall–Kier alpha value is -0.861. The first-order valence-electron chi connectivity index (χ1n) is 3.93. The van der Waals surface area contributed by atoms with Crippen LogP contribution in [0.25, 0.3) is 0 Å². The van der Waals surface area contributed by atoms with E-state index in [1.807, 2.05) is 0 Å². The number of carbonyl (C=O) groups excluding carboxylic acids is 2. The molecule has 19 heavy (non-hydrogen) atoms. The van der Waals surface area contributed by atoms with E-state index in [1.165, 1.54) is 0 Å². The van der Waals surface area contributed by atoms with Gasteiger partial charge in [-0.15, -0.1) is 0 Å². The van der Waals surface area contributed by atoms with Crippen molar-refractivity contribution in [2.24, 2.45) is 22.9 Å². The maximum Gasteiger partial charge on any atom is 0.239 e. The molecule has 0 saturated carbocycles. The van der Waals surface area contributed by atoms with E-state index in [9.17, 15) is 9.59 Å². The normalized spacial score (nSPS) is 11.8. The molecule has 0 bridgehead atoms. The molecule has 0 aromatic rings.